The summed E-state index contributed by atoms with van der Waals surface area (Å²) in [6.07, 6.45) is 2.32. The lowest BCUT2D eigenvalue weighted by Crippen LogP contribution is -2.36. The second kappa shape index (κ2) is 5.36. The molecule has 1 N–H and O–H groups in total. The van der Waals surface area contributed by atoms with Gasteiger partial charge in [-0.05, 0) is 42.7 Å². The fraction of sp³-hybridized carbons (Fsp3) is 0.318. The van der Waals surface area contributed by atoms with E-state index in [1.54, 1.807) is 14.2 Å². The number of ketones is 1. The smallest absolute Gasteiger partial charge is 0.228 e. The summed E-state index contributed by atoms with van der Waals surface area (Å²) in [5.74, 6) is 1.62. The van der Waals surface area contributed by atoms with Gasteiger partial charge < -0.3 is 19.0 Å². The maximum Gasteiger partial charge on any atom is 0.228 e. The highest BCUT2D eigenvalue weighted by Gasteiger charge is 2.48. The van der Waals surface area contributed by atoms with E-state index in [-0.39, 0.29) is 11.2 Å². The minimum absolute atomic E-state index is 0.149. The lowest BCUT2D eigenvalue weighted by molar-refractivity contribution is 0.0994. The number of benzene rings is 2. The Morgan fingerprint density at radius 3 is 2.48 bits per heavy atom. The van der Waals surface area contributed by atoms with E-state index < -0.39 is 6.10 Å². The Kier molecular flexibility index (Phi) is 3.25. The van der Waals surface area contributed by atoms with Crippen molar-refractivity contribution in [2.45, 2.75) is 31.3 Å². The van der Waals surface area contributed by atoms with Crippen molar-refractivity contribution in [1.29, 1.82) is 0 Å². The summed E-state index contributed by atoms with van der Waals surface area (Å²) in [6, 6.07) is 7.65. The van der Waals surface area contributed by atoms with Crippen LogP contribution in [0.15, 0.2) is 34.9 Å². The van der Waals surface area contributed by atoms with Gasteiger partial charge in [0.2, 0.25) is 5.78 Å². The molecule has 2 aliphatic rings. The summed E-state index contributed by atoms with van der Waals surface area (Å²) in [5.41, 5.74) is 2.76. The van der Waals surface area contributed by atoms with Crippen molar-refractivity contribution in [3.8, 4) is 11.5 Å². The zero-order chi connectivity index (χ0) is 18.9. The minimum Gasteiger partial charge on any atom is -0.496 e. The van der Waals surface area contributed by atoms with Crippen LogP contribution in [0, 0.1) is 0 Å². The first-order chi connectivity index (χ1) is 13.0. The molecule has 0 saturated carbocycles. The van der Waals surface area contributed by atoms with E-state index >= 15 is 0 Å². The van der Waals surface area contributed by atoms with Crippen LogP contribution in [0.1, 0.15) is 58.7 Å². The number of aliphatic hydroxyl groups excluding tert-OH is 1. The summed E-state index contributed by atoms with van der Waals surface area (Å²) in [7, 11) is 3.25. The lowest BCUT2D eigenvalue weighted by Gasteiger charge is -2.40. The van der Waals surface area contributed by atoms with Crippen LogP contribution in [0.5, 0.6) is 11.5 Å². The summed E-state index contributed by atoms with van der Waals surface area (Å²) in [5, 5.41) is 12.1. The average molecular weight is 364 g/mol. The van der Waals surface area contributed by atoms with E-state index in [2.05, 4.69) is 6.92 Å². The fourth-order valence-electron chi connectivity index (χ4n) is 4.79. The van der Waals surface area contributed by atoms with Crippen LogP contribution in [0.4, 0.5) is 0 Å². The van der Waals surface area contributed by atoms with Gasteiger partial charge in [0, 0.05) is 32.9 Å². The molecule has 2 atom stereocenters. The van der Waals surface area contributed by atoms with E-state index in [1.165, 1.54) is 6.26 Å². The topological polar surface area (TPSA) is 68.9 Å². The van der Waals surface area contributed by atoms with Crippen molar-refractivity contribution in [2.75, 3.05) is 14.2 Å². The monoisotopic (exact) mass is 364 g/mol. The second-order valence-corrected chi connectivity index (χ2v) is 7.52. The molecule has 0 unspecified atom stereocenters. The molecule has 0 fully saturated rings. The molecule has 0 bridgehead atoms. The average Bonchev–Trinajstić information content (AvgIpc) is 3.15. The van der Waals surface area contributed by atoms with Crippen LogP contribution in [-0.4, -0.2) is 25.1 Å². The van der Waals surface area contributed by atoms with Crippen LogP contribution >= 0.6 is 0 Å². The molecule has 3 aromatic rings. The Morgan fingerprint density at radius 1 is 1.15 bits per heavy atom. The molecule has 27 heavy (non-hydrogen) atoms. The van der Waals surface area contributed by atoms with E-state index in [0.717, 1.165) is 39.6 Å². The van der Waals surface area contributed by atoms with Gasteiger partial charge in [0.05, 0.1) is 26.6 Å². The highest BCUT2D eigenvalue weighted by atomic mass is 16.5. The molecule has 1 heterocycles. The number of fused-ring (bicyclic) bond motifs is 3. The van der Waals surface area contributed by atoms with Crippen molar-refractivity contribution in [3.63, 3.8) is 0 Å². The van der Waals surface area contributed by atoms with Gasteiger partial charge in [-0.2, -0.15) is 0 Å². The SMILES string of the molecule is COc1ccc(OC)c2cc3c(cc12)C(=O)c1occ2c1[C@@]3(C)CC[C@H]2O. The first kappa shape index (κ1) is 16.4. The Balaban J connectivity index is 1.88. The number of ether oxygens (including phenoxy) is 2. The molecule has 5 heteroatoms. The third-order valence-electron chi connectivity index (χ3n) is 6.21. The summed E-state index contributed by atoms with van der Waals surface area (Å²) in [6.45, 7) is 2.13. The molecule has 5 rings (SSSR count). The first-order valence-electron chi connectivity index (χ1n) is 9.03. The second-order valence-electron chi connectivity index (χ2n) is 7.52. The highest BCUT2D eigenvalue weighted by molar-refractivity contribution is 6.14. The maximum atomic E-state index is 13.2. The van der Waals surface area contributed by atoms with Gasteiger partial charge in [0.25, 0.3) is 0 Å². The molecule has 0 aliphatic heterocycles. The van der Waals surface area contributed by atoms with Crippen LogP contribution in [-0.2, 0) is 5.41 Å². The summed E-state index contributed by atoms with van der Waals surface area (Å²) >= 11 is 0. The van der Waals surface area contributed by atoms with Crippen LogP contribution in [0.2, 0.25) is 0 Å². The predicted molar refractivity (Wildman–Crippen MR) is 99.8 cm³/mol. The van der Waals surface area contributed by atoms with Gasteiger partial charge in [-0.15, -0.1) is 0 Å². The van der Waals surface area contributed by atoms with Gasteiger partial charge in [-0.25, -0.2) is 0 Å². The maximum absolute atomic E-state index is 13.2. The number of carbonyl (C=O) groups excluding carboxylic acids is 1. The number of aliphatic hydroxyl groups is 1. The number of carbonyl (C=O) groups is 1. The molecule has 2 aliphatic carbocycles. The fourth-order valence-corrected chi connectivity index (χ4v) is 4.79. The molecule has 0 amide bonds. The Bertz CT molecular complexity index is 1110. The number of hydrogen-bond donors (Lipinski definition) is 1. The third-order valence-corrected chi connectivity index (χ3v) is 6.21. The van der Waals surface area contributed by atoms with Gasteiger partial charge in [0.1, 0.15) is 11.5 Å². The largest absolute Gasteiger partial charge is 0.496 e. The zero-order valence-corrected chi connectivity index (χ0v) is 15.5. The number of furan rings is 1. The lowest BCUT2D eigenvalue weighted by atomic mass is 9.62. The zero-order valence-electron chi connectivity index (χ0n) is 15.5. The van der Waals surface area contributed by atoms with Crippen molar-refractivity contribution < 1.29 is 23.8 Å². The highest BCUT2D eigenvalue weighted by Crippen LogP contribution is 2.53. The molecule has 0 spiro atoms. The number of hydrogen-bond acceptors (Lipinski definition) is 5. The van der Waals surface area contributed by atoms with E-state index in [1.807, 2.05) is 24.3 Å². The number of methoxy groups -OCH3 is 2. The minimum atomic E-state index is -0.588. The molecule has 1 aromatic heterocycles. The van der Waals surface area contributed by atoms with E-state index in [0.29, 0.717) is 23.5 Å². The van der Waals surface area contributed by atoms with Gasteiger partial charge >= 0.3 is 0 Å². The third kappa shape index (κ3) is 1.95. The molecular weight excluding hydrogens is 344 g/mol. The van der Waals surface area contributed by atoms with E-state index in [9.17, 15) is 9.90 Å². The molecule has 5 nitrogen and oxygen atoms in total. The first-order valence-corrected chi connectivity index (χ1v) is 9.03. The van der Waals surface area contributed by atoms with Gasteiger partial charge in [-0.3, -0.25) is 4.79 Å². The molecule has 0 saturated heterocycles. The molecular formula is C22H20O5. The summed E-state index contributed by atoms with van der Waals surface area (Å²) < 4.78 is 16.7. The van der Waals surface area contributed by atoms with E-state index in [4.69, 9.17) is 13.9 Å². The van der Waals surface area contributed by atoms with Crippen molar-refractivity contribution in [2.24, 2.45) is 0 Å². The Hall–Kier alpha value is -2.79. The predicted octanol–water partition coefficient (Wildman–Crippen LogP) is 4.13. The molecule has 138 valence electrons. The normalized spacial score (nSPS) is 23.1. The Labute approximate surface area is 156 Å². The van der Waals surface area contributed by atoms with Gasteiger partial charge in [0.15, 0.2) is 5.76 Å². The van der Waals surface area contributed by atoms with Gasteiger partial charge in [-0.1, -0.05) is 6.92 Å². The van der Waals surface area contributed by atoms with Crippen LogP contribution < -0.4 is 9.47 Å². The number of rotatable bonds is 2. The van der Waals surface area contributed by atoms with Crippen LogP contribution in [0.25, 0.3) is 10.8 Å². The quantitative estimate of drug-likeness (QED) is 0.740. The standard InChI is InChI=1S/C22H20O5/c1-22-7-6-16(23)14-10-27-21(19(14)22)20(24)13-8-11-12(9-15(13)22)18(26-3)5-4-17(11)25-2/h4-5,8-10,16,23H,6-7H2,1-3H3/t16-,22+/m1/s1. The van der Waals surface area contributed by atoms with Crippen molar-refractivity contribution in [3.05, 3.63) is 58.5 Å². The summed E-state index contributed by atoms with van der Waals surface area (Å²) in [4.78, 5) is 13.2. The van der Waals surface area contributed by atoms with Crippen molar-refractivity contribution >= 4 is 16.6 Å². The van der Waals surface area contributed by atoms with Crippen LogP contribution in [0.3, 0.4) is 0 Å². The molecule has 2 aromatic carbocycles. The Morgan fingerprint density at radius 2 is 1.81 bits per heavy atom. The molecule has 0 radical (unpaired) electrons. The van der Waals surface area contributed by atoms with Crippen molar-refractivity contribution in [1.82, 2.24) is 0 Å².